The van der Waals surface area contributed by atoms with Crippen LogP contribution in [0, 0.1) is 0 Å². The normalized spacial score (nSPS) is 13.2. The number of phenolic OH excluding ortho intramolecular Hbond substituents is 2. The van der Waals surface area contributed by atoms with Crippen LogP contribution < -0.4 is 9.47 Å². The molecular formula is C18H19NO4. The molecule has 0 unspecified atom stereocenters. The van der Waals surface area contributed by atoms with Gasteiger partial charge in [-0.05, 0) is 41.8 Å². The van der Waals surface area contributed by atoms with Crippen molar-refractivity contribution in [2.24, 2.45) is 4.99 Å². The number of aliphatic imine (C=N–C) groups is 1. The van der Waals surface area contributed by atoms with Gasteiger partial charge in [0.1, 0.15) is 0 Å². The molecule has 5 nitrogen and oxygen atoms in total. The summed E-state index contributed by atoms with van der Waals surface area (Å²) < 4.78 is 10.3. The van der Waals surface area contributed by atoms with Gasteiger partial charge in [-0.2, -0.15) is 0 Å². The zero-order valence-corrected chi connectivity index (χ0v) is 13.2. The van der Waals surface area contributed by atoms with E-state index < -0.39 is 0 Å². The first-order chi connectivity index (χ1) is 11.1. The molecule has 120 valence electrons. The van der Waals surface area contributed by atoms with Crippen molar-refractivity contribution in [1.29, 1.82) is 0 Å². The van der Waals surface area contributed by atoms with E-state index in [1.54, 1.807) is 18.2 Å². The van der Waals surface area contributed by atoms with Gasteiger partial charge in [-0.1, -0.05) is 6.07 Å². The van der Waals surface area contributed by atoms with E-state index in [2.05, 4.69) is 4.99 Å². The lowest BCUT2D eigenvalue weighted by Gasteiger charge is -2.19. The van der Waals surface area contributed by atoms with Crippen LogP contribution >= 0.6 is 0 Å². The zero-order valence-electron chi connectivity index (χ0n) is 13.2. The van der Waals surface area contributed by atoms with Gasteiger partial charge in [0.05, 0.1) is 14.2 Å². The molecule has 0 aliphatic carbocycles. The van der Waals surface area contributed by atoms with Crippen molar-refractivity contribution in [2.45, 2.75) is 12.8 Å². The second kappa shape index (κ2) is 6.20. The number of nitrogens with zero attached hydrogens (tertiary/aromatic N) is 1. The molecular weight excluding hydrogens is 294 g/mol. The Hall–Kier alpha value is -2.69. The van der Waals surface area contributed by atoms with Crippen LogP contribution in [-0.2, 0) is 12.8 Å². The molecule has 23 heavy (non-hydrogen) atoms. The maximum absolute atomic E-state index is 9.92. The van der Waals surface area contributed by atoms with Crippen molar-refractivity contribution in [3.63, 3.8) is 0 Å². The number of hydrogen-bond donors (Lipinski definition) is 2. The third kappa shape index (κ3) is 2.95. The fraction of sp³-hybridized carbons (Fsp3) is 0.278. The average molecular weight is 313 g/mol. The molecule has 0 amide bonds. The van der Waals surface area contributed by atoms with Crippen LogP contribution in [0.25, 0.3) is 0 Å². The topological polar surface area (TPSA) is 71.3 Å². The Morgan fingerprint density at radius 2 is 1.74 bits per heavy atom. The molecule has 2 N–H and O–H groups in total. The van der Waals surface area contributed by atoms with Gasteiger partial charge in [0.2, 0.25) is 0 Å². The first-order valence-corrected chi connectivity index (χ1v) is 7.42. The van der Waals surface area contributed by atoms with Gasteiger partial charge in [-0.3, -0.25) is 4.99 Å². The van der Waals surface area contributed by atoms with Gasteiger partial charge in [0, 0.05) is 24.2 Å². The Kier molecular flexibility index (Phi) is 4.10. The average Bonchev–Trinajstić information content (AvgIpc) is 2.54. The molecule has 2 aromatic carbocycles. The number of benzene rings is 2. The molecule has 5 heteroatoms. The van der Waals surface area contributed by atoms with E-state index in [0.717, 1.165) is 28.8 Å². The minimum atomic E-state index is 0.116. The highest BCUT2D eigenvalue weighted by atomic mass is 16.5. The molecule has 0 fully saturated rings. The summed E-state index contributed by atoms with van der Waals surface area (Å²) >= 11 is 0. The largest absolute Gasteiger partial charge is 0.504 e. The van der Waals surface area contributed by atoms with Crippen LogP contribution in [0.4, 0.5) is 0 Å². The summed E-state index contributed by atoms with van der Waals surface area (Å²) in [4.78, 5) is 4.61. The van der Waals surface area contributed by atoms with E-state index in [9.17, 15) is 10.2 Å². The standard InChI is InChI=1S/C18H19NO4/c1-22-17-4-3-11(8-15(17)20)7-14-13-10-18(23-2)16(21)9-12(13)5-6-19-14/h3-4,8-10,20-21H,5-7H2,1-2H3. The first kappa shape index (κ1) is 15.2. The second-order valence-electron chi connectivity index (χ2n) is 5.44. The molecule has 0 bridgehead atoms. The van der Waals surface area contributed by atoms with E-state index in [1.807, 2.05) is 12.1 Å². The van der Waals surface area contributed by atoms with Crippen molar-refractivity contribution in [3.05, 3.63) is 47.0 Å². The highest BCUT2D eigenvalue weighted by molar-refractivity contribution is 6.04. The smallest absolute Gasteiger partial charge is 0.161 e. The van der Waals surface area contributed by atoms with Crippen molar-refractivity contribution in [2.75, 3.05) is 20.8 Å². The predicted octanol–water partition coefficient (Wildman–Crippen LogP) is 2.70. The van der Waals surface area contributed by atoms with E-state index in [1.165, 1.54) is 14.2 Å². The van der Waals surface area contributed by atoms with Crippen molar-refractivity contribution in [3.8, 4) is 23.0 Å². The lowest BCUT2D eigenvalue weighted by atomic mass is 9.93. The van der Waals surface area contributed by atoms with Crippen molar-refractivity contribution < 1.29 is 19.7 Å². The molecule has 1 aliphatic rings. The summed E-state index contributed by atoms with van der Waals surface area (Å²) in [7, 11) is 3.05. The fourth-order valence-electron chi connectivity index (χ4n) is 2.84. The summed E-state index contributed by atoms with van der Waals surface area (Å²) in [6.45, 7) is 0.691. The highest BCUT2D eigenvalue weighted by Gasteiger charge is 2.18. The number of rotatable bonds is 4. The molecule has 0 aromatic heterocycles. The molecule has 3 rings (SSSR count). The Bertz CT molecular complexity index is 768. The van der Waals surface area contributed by atoms with E-state index in [-0.39, 0.29) is 11.5 Å². The molecule has 1 aliphatic heterocycles. The quantitative estimate of drug-likeness (QED) is 0.910. The minimum Gasteiger partial charge on any atom is -0.504 e. The minimum absolute atomic E-state index is 0.116. The van der Waals surface area contributed by atoms with Crippen LogP contribution in [0.15, 0.2) is 35.3 Å². The lowest BCUT2D eigenvalue weighted by Crippen LogP contribution is -2.15. The Labute approximate surface area is 134 Å². The fourth-order valence-corrected chi connectivity index (χ4v) is 2.84. The summed E-state index contributed by atoms with van der Waals surface area (Å²) in [5, 5.41) is 19.8. The van der Waals surface area contributed by atoms with Gasteiger partial charge in [-0.15, -0.1) is 0 Å². The van der Waals surface area contributed by atoms with Crippen LogP contribution in [-0.4, -0.2) is 36.7 Å². The number of ether oxygens (including phenoxy) is 2. The maximum Gasteiger partial charge on any atom is 0.161 e. The number of fused-ring (bicyclic) bond motifs is 1. The van der Waals surface area contributed by atoms with Gasteiger partial charge in [0.25, 0.3) is 0 Å². The van der Waals surface area contributed by atoms with E-state index >= 15 is 0 Å². The molecule has 0 radical (unpaired) electrons. The lowest BCUT2D eigenvalue weighted by molar-refractivity contribution is 0.373. The molecule has 2 aromatic rings. The van der Waals surface area contributed by atoms with Gasteiger partial charge < -0.3 is 19.7 Å². The molecule has 0 atom stereocenters. The van der Waals surface area contributed by atoms with Gasteiger partial charge in [-0.25, -0.2) is 0 Å². The maximum atomic E-state index is 9.92. The number of phenols is 2. The Balaban J connectivity index is 1.93. The van der Waals surface area contributed by atoms with Crippen molar-refractivity contribution >= 4 is 5.71 Å². The number of aromatic hydroxyl groups is 2. The van der Waals surface area contributed by atoms with E-state index in [4.69, 9.17) is 9.47 Å². The molecule has 1 heterocycles. The molecule has 0 saturated heterocycles. The zero-order chi connectivity index (χ0) is 16.4. The van der Waals surface area contributed by atoms with Crippen LogP contribution in [0.2, 0.25) is 0 Å². The Morgan fingerprint density at radius 3 is 2.43 bits per heavy atom. The van der Waals surface area contributed by atoms with E-state index in [0.29, 0.717) is 24.5 Å². The highest BCUT2D eigenvalue weighted by Crippen LogP contribution is 2.33. The third-order valence-electron chi connectivity index (χ3n) is 4.01. The van der Waals surface area contributed by atoms with Crippen molar-refractivity contribution in [1.82, 2.24) is 0 Å². The van der Waals surface area contributed by atoms with Crippen LogP contribution in [0.1, 0.15) is 16.7 Å². The molecule has 0 spiro atoms. The summed E-state index contributed by atoms with van der Waals surface area (Å²) in [5.74, 6) is 1.15. The molecule has 0 saturated carbocycles. The Morgan fingerprint density at radius 1 is 1.00 bits per heavy atom. The summed E-state index contributed by atoms with van der Waals surface area (Å²) in [6.07, 6.45) is 1.39. The third-order valence-corrected chi connectivity index (χ3v) is 4.01. The SMILES string of the molecule is COc1ccc(CC2=NCCc3cc(O)c(OC)cc32)cc1O. The first-order valence-electron chi connectivity index (χ1n) is 7.42. The van der Waals surface area contributed by atoms with Crippen LogP contribution in [0.3, 0.4) is 0 Å². The van der Waals surface area contributed by atoms with Crippen LogP contribution in [0.5, 0.6) is 23.0 Å². The summed E-state index contributed by atoms with van der Waals surface area (Å²) in [6, 6.07) is 8.91. The monoisotopic (exact) mass is 313 g/mol. The number of hydrogen-bond acceptors (Lipinski definition) is 5. The van der Waals surface area contributed by atoms with Gasteiger partial charge in [0.15, 0.2) is 23.0 Å². The predicted molar refractivity (Wildman–Crippen MR) is 88.1 cm³/mol. The number of methoxy groups -OCH3 is 2. The van der Waals surface area contributed by atoms with Gasteiger partial charge >= 0.3 is 0 Å². The second-order valence-corrected chi connectivity index (χ2v) is 5.44. The summed E-state index contributed by atoms with van der Waals surface area (Å²) in [5.41, 5.74) is 3.92.